The lowest BCUT2D eigenvalue weighted by atomic mass is 10.1. The Kier molecular flexibility index (Phi) is 6.56. The first kappa shape index (κ1) is 15.7. The van der Waals surface area contributed by atoms with Gasteiger partial charge in [0.25, 0.3) is 0 Å². The maximum atomic E-state index is 12.0. The molecule has 19 heavy (non-hydrogen) atoms. The third-order valence-corrected chi connectivity index (χ3v) is 2.98. The number of methoxy groups -OCH3 is 1. The molecule has 4 nitrogen and oxygen atoms in total. The van der Waals surface area contributed by atoms with Crippen molar-refractivity contribution in [3.8, 4) is 5.75 Å². The smallest absolute Gasteiger partial charge is 0.306 e. The van der Waals surface area contributed by atoms with Crippen LogP contribution in [0.1, 0.15) is 36.5 Å². The van der Waals surface area contributed by atoms with Crippen molar-refractivity contribution in [1.29, 1.82) is 0 Å². The molecule has 0 N–H and O–H groups in total. The highest BCUT2D eigenvalue weighted by molar-refractivity contribution is 9.10. The molecule has 0 aliphatic heterocycles. The molecule has 0 aliphatic rings. The molecule has 1 aromatic carbocycles. The van der Waals surface area contributed by atoms with Crippen LogP contribution in [0.4, 0.5) is 0 Å². The Bertz CT molecular complexity index is 457. The van der Waals surface area contributed by atoms with Crippen molar-refractivity contribution in [2.75, 3.05) is 13.7 Å². The Balaban J connectivity index is 2.63. The van der Waals surface area contributed by atoms with Gasteiger partial charge in [-0.1, -0.05) is 22.9 Å². The van der Waals surface area contributed by atoms with Gasteiger partial charge in [-0.05, 0) is 24.6 Å². The zero-order valence-corrected chi connectivity index (χ0v) is 12.7. The summed E-state index contributed by atoms with van der Waals surface area (Å²) in [5, 5.41) is 0. The minimum Gasteiger partial charge on any atom is -0.496 e. The van der Waals surface area contributed by atoms with Gasteiger partial charge in [0, 0.05) is 10.9 Å². The lowest BCUT2D eigenvalue weighted by molar-refractivity contribution is -0.143. The van der Waals surface area contributed by atoms with Gasteiger partial charge < -0.3 is 9.47 Å². The van der Waals surface area contributed by atoms with Gasteiger partial charge >= 0.3 is 5.97 Å². The summed E-state index contributed by atoms with van der Waals surface area (Å²) in [5.74, 6) is 0.0332. The predicted octanol–water partition coefficient (Wildman–Crippen LogP) is 3.37. The fraction of sp³-hybridized carbons (Fsp3) is 0.429. The van der Waals surface area contributed by atoms with Crippen molar-refractivity contribution in [3.63, 3.8) is 0 Å². The molecule has 0 atom stereocenters. The maximum absolute atomic E-state index is 12.0. The van der Waals surface area contributed by atoms with E-state index in [9.17, 15) is 9.59 Å². The summed E-state index contributed by atoms with van der Waals surface area (Å²) in [4.78, 5) is 23.4. The minimum absolute atomic E-state index is 0.0918. The standard InChI is InChI=1S/C14H17BrO4/c1-3-8-19-14(17)7-5-12(16)11-9-10(15)4-6-13(11)18-2/h4,6,9H,3,5,7-8H2,1-2H3. The van der Waals surface area contributed by atoms with Crippen LogP contribution >= 0.6 is 15.9 Å². The Morgan fingerprint density at radius 2 is 2.00 bits per heavy atom. The molecule has 1 aromatic rings. The topological polar surface area (TPSA) is 52.6 Å². The van der Waals surface area contributed by atoms with Crippen LogP contribution in [0, 0.1) is 0 Å². The third kappa shape index (κ3) is 5.03. The van der Waals surface area contributed by atoms with Gasteiger partial charge in [-0.2, -0.15) is 0 Å². The summed E-state index contributed by atoms with van der Waals surface area (Å²) in [6.45, 7) is 2.32. The van der Waals surface area contributed by atoms with E-state index < -0.39 is 0 Å². The Hall–Kier alpha value is -1.36. The largest absolute Gasteiger partial charge is 0.496 e. The molecule has 0 fully saturated rings. The van der Waals surface area contributed by atoms with Gasteiger partial charge in [0.15, 0.2) is 5.78 Å². The van der Waals surface area contributed by atoms with Crippen LogP contribution in [0.5, 0.6) is 5.75 Å². The van der Waals surface area contributed by atoms with Gasteiger partial charge in [-0.3, -0.25) is 9.59 Å². The first-order valence-electron chi connectivity index (χ1n) is 6.10. The number of rotatable bonds is 7. The molecule has 1 rings (SSSR count). The summed E-state index contributed by atoms with van der Waals surface area (Å²) in [6, 6.07) is 5.20. The maximum Gasteiger partial charge on any atom is 0.306 e. The number of carbonyl (C=O) groups excluding carboxylic acids is 2. The second-order valence-electron chi connectivity index (χ2n) is 3.99. The molecular weight excluding hydrogens is 312 g/mol. The number of ketones is 1. The van der Waals surface area contributed by atoms with Gasteiger partial charge in [0.05, 0.1) is 25.7 Å². The van der Waals surface area contributed by atoms with Gasteiger partial charge in [0.1, 0.15) is 5.75 Å². The Labute approximate surface area is 121 Å². The first-order chi connectivity index (χ1) is 9.08. The first-order valence-corrected chi connectivity index (χ1v) is 6.90. The zero-order chi connectivity index (χ0) is 14.3. The number of Topliss-reactive ketones (excluding diaryl/α,β-unsaturated/α-hetero) is 1. The van der Waals surface area contributed by atoms with E-state index in [0.717, 1.165) is 10.9 Å². The number of ether oxygens (including phenoxy) is 2. The van der Waals surface area contributed by atoms with Gasteiger partial charge in [-0.15, -0.1) is 0 Å². The number of carbonyl (C=O) groups is 2. The molecule has 0 saturated carbocycles. The van der Waals surface area contributed by atoms with Crippen LogP contribution in [-0.2, 0) is 9.53 Å². The van der Waals surface area contributed by atoms with Crippen LogP contribution in [-0.4, -0.2) is 25.5 Å². The number of hydrogen-bond donors (Lipinski definition) is 0. The van der Waals surface area contributed by atoms with E-state index in [1.165, 1.54) is 7.11 Å². The highest BCUT2D eigenvalue weighted by atomic mass is 79.9. The average Bonchev–Trinajstić information content (AvgIpc) is 2.42. The fourth-order valence-electron chi connectivity index (χ4n) is 1.54. The fourth-order valence-corrected chi connectivity index (χ4v) is 1.90. The number of esters is 1. The second kappa shape index (κ2) is 7.94. The van der Waals surface area contributed by atoms with E-state index in [1.54, 1.807) is 18.2 Å². The number of halogens is 1. The van der Waals surface area contributed by atoms with Crippen molar-refractivity contribution in [2.45, 2.75) is 26.2 Å². The van der Waals surface area contributed by atoms with Crippen molar-refractivity contribution >= 4 is 27.7 Å². The van der Waals surface area contributed by atoms with Crippen molar-refractivity contribution in [1.82, 2.24) is 0 Å². The predicted molar refractivity (Wildman–Crippen MR) is 75.5 cm³/mol. The average molecular weight is 329 g/mol. The van der Waals surface area contributed by atoms with Crippen molar-refractivity contribution in [3.05, 3.63) is 28.2 Å². The van der Waals surface area contributed by atoms with E-state index in [2.05, 4.69) is 15.9 Å². The van der Waals surface area contributed by atoms with Crippen LogP contribution in [0.25, 0.3) is 0 Å². The normalized spacial score (nSPS) is 10.1. The molecule has 0 unspecified atom stereocenters. The summed E-state index contributed by atoms with van der Waals surface area (Å²) >= 11 is 3.31. The minimum atomic E-state index is -0.343. The zero-order valence-electron chi connectivity index (χ0n) is 11.1. The van der Waals surface area contributed by atoms with E-state index in [1.807, 2.05) is 6.92 Å². The quantitative estimate of drug-likeness (QED) is 0.568. The van der Waals surface area contributed by atoms with Gasteiger partial charge in [0.2, 0.25) is 0 Å². The van der Waals surface area contributed by atoms with E-state index >= 15 is 0 Å². The van der Waals surface area contributed by atoms with Crippen LogP contribution in [0.3, 0.4) is 0 Å². The molecule has 0 spiro atoms. The molecule has 5 heteroatoms. The molecule has 0 bridgehead atoms. The summed E-state index contributed by atoms with van der Waals surface area (Å²) in [5.41, 5.74) is 0.472. The molecule has 0 radical (unpaired) electrons. The van der Waals surface area contributed by atoms with Crippen LogP contribution < -0.4 is 4.74 Å². The second-order valence-corrected chi connectivity index (χ2v) is 4.90. The number of benzene rings is 1. The molecule has 0 amide bonds. The van der Waals surface area contributed by atoms with Gasteiger partial charge in [-0.25, -0.2) is 0 Å². The highest BCUT2D eigenvalue weighted by Crippen LogP contribution is 2.24. The highest BCUT2D eigenvalue weighted by Gasteiger charge is 2.14. The van der Waals surface area contributed by atoms with Crippen LogP contribution in [0.15, 0.2) is 22.7 Å². The monoisotopic (exact) mass is 328 g/mol. The molecule has 0 saturated heterocycles. The summed E-state index contributed by atoms with van der Waals surface area (Å²) in [6.07, 6.45) is 0.989. The van der Waals surface area contributed by atoms with E-state index in [4.69, 9.17) is 9.47 Å². The SMILES string of the molecule is CCCOC(=O)CCC(=O)c1cc(Br)ccc1OC. The van der Waals surface area contributed by atoms with E-state index in [-0.39, 0.29) is 24.6 Å². The van der Waals surface area contributed by atoms with Crippen molar-refractivity contribution in [2.24, 2.45) is 0 Å². The lowest BCUT2D eigenvalue weighted by Crippen LogP contribution is -2.09. The Morgan fingerprint density at radius 1 is 1.26 bits per heavy atom. The summed E-state index contributed by atoms with van der Waals surface area (Å²) < 4.78 is 10.9. The number of hydrogen-bond acceptors (Lipinski definition) is 4. The third-order valence-electron chi connectivity index (χ3n) is 2.49. The Morgan fingerprint density at radius 3 is 2.63 bits per heavy atom. The van der Waals surface area contributed by atoms with E-state index in [0.29, 0.717) is 17.9 Å². The molecule has 0 aromatic heterocycles. The summed E-state index contributed by atoms with van der Waals surface area (Å²) in [7, 11) is 1.51. The lowest BCUT2D eigenvalue weighted by Gasteiger charge is -2.08. The molecule has 0 heterocycles. The molecular formula is C14H17BrO4. The van der Waals surface area contributed by atoms with Crippen LogP contribution in [0.2, 0.25) is 0 Å². The molecule has 104 valence electrons. The molecule has 0 aliphatic carbocycles. The van der Waals surface area contributed by atoms with Crippen molar-refractivity contribution < 1.29 is 19.1 Å².